The lowest BCUT2D eigenvalue weighted by atomic mass is 10.1. The highest BCUT2D eigenvalue weighted by Gasteiger charge is 2.14. The summed E-state index contributed by atoms with van der Waals surface area (Å²) in [6, 6.07) is 8.42. The molecule has 1 unspecified atom stereocenters. The van der Waals surface area contributed by atoms with E-state index in [1.807, 2.05) is 19.1 Å². The predicted octanol–water partition coefficient (Wildman–Crippen LogP) is 3.26. The first-order valence-corrected chi connectivity index (χ1v) is 10.0. The van der Waals surface area contributed by atoms with Crippen LogP contribution in [0.5, 0.6) is 0 Å². The molecule has 0 saturated heterocycles. The Hall–Kier alpha value is -1.92. The maximum Gasteiger partial charge on any atom is 0.253 e. The minimum atomic E-state index is -0.0444. The maximum absolute atomic E-state index is 12.6. The van der Waals surface area contributed by atoms with E-state index in [1.165, 1.54) is 0 Å². The molecule has 5 nitrogen and oxygen atoms in total. The van der Waals surface area contributed by atoms with Crippen LogP contribution in [0.4, 0.5) is 0 Å². The highest BCUT2D eigenvalue weighted by Crippen LogP contribution is 2.14. The first-order chi connectivity index (χ1) is 12.8. The van der Waals surface area contributed by atoms with Crippen molar-refractivity contribution in [3.05, 3.63) is 45.7 Å². The molecule has 0 amide bonds. The lowest BCUT2D eigenvalue weighted by molar-refractivity contribution is 0.338. The highest BCUT2D eigenvalue weighted by molar-refractivity contribution is 7.80. The molecule has 2 aromatic rings. The van der Waals surface area contributed by atoms with E-state index in [1.54, 1.807) is 0 Å². The fourth-order valence-corrected chi connectivity index (χ4v) is 3.27. The first-order valence-electron chi connectivity index (χ1n) is 9.63. The van der Waals surface area contributed by atoms with Gasteiger partial charge in [-0.05, 0) is 82.6 Å². The number of benzene rings is 1. The van der Waals surface area contributed by atoms with Crippen molar-refractivity contribution in [3.8, 4) is 0 Å². The highest BCUT2D eigenvalue weighted by atomic mass is 32.1. The normalized spacial score (nSPS) is 12.4. The van der Waals surface area contributed by atoms with Gasteiger partial charge in [-0.3, -0.25) is 4.79 Å². The number of aromatic nitrogens is 1. The van der Waals surface area contributed by atoms with Crippen molar-refractivity contribution in [2.45, 2.75) is 46.2 Å². The number of H-pyrrole nitrogens is 1. The van der Waals surface area contributed by atoms with Crippen LogP contribution in [0.1, 0.15) is 37.8 Å². The Labute approximate surface area is 167 Å². The molecule has 0 aliphatic rings. The Balaban J connectivity index is 2.23. The molecule has 0 aliphatic carbocycles. The second-order valence-corrected chi connectivity index (χ2v) is 7.94. The Morgan fingerprint density at radius 2 is 2.00 bits per heavy atom. The van der Waals surface area contributed by atoms with Gasteiger partial charge in [0.1, 0.15) is 0 Å². The van der Waals surface area contributed by atoms with Crippen molar-refractivity contribution in [2.75, 3.05) is 27.2 Å². The number of nitrogens with one attached hydrogen (secondary N) is 2. The van der Waals surface area contributed by atoms with Crippen molar-refractivity contribution >= 4 is 28.2 Å². The van der Waals surface area contributed by atoms with Crippen LogP contribution in [0.25, 0.3) is 10.9 Å². The summed E-state index contributed by atoms with van der Waals surface area (Å²) in [5.74, 6) is 0. The van der Waals surface area contributed by atoms with Gasteiger partial charge >= 0.3 is 0 Å². The third-order valence-electron chi connectivity index (χ3n) is 4.74. The molecule has 27 heavy (non-hydrogen) atoms. The van der Waals surface area contributed by atoms with Crippen LogP contribution in [-0.4, -0.2) is 53.1 Å². The van der Waals surface area contributed by atoms with Crippen molar-refractivity contribution in [1.82, 2.24) is 20.1 Å². The van der Waals surface area contributed by atoms with Crippen LogP contribution in [0.2, 0.25) is 0 Å². The average Bonchev–Trinajstić information content (AvgIpc) is 2.60. The number of aryl methyl sites for hydroxylation is 1. The second-order valence-electron chi connectivity index (χ2n) is 7.55. The number of pyridine rings is 1. The van der Waals surface area contributed by atoms with Crippen LogP contribution in [0.3, 0.4) is 0 Å². The van der Waals surface area contributed by atoms with Gasteiger partial charge in [0.15, 0.2) is 5.11 Å². The number of thiocarbonyl (C=S) groups is 1. The largest absolute Gasteiger partial charge is 0.360 e. The minimum absolute atomic E-state index is 0.0444. The summed E-state index contributed by atoms with van der Waals surface area (Å²) in [5, 5.41) is 5.14. The Kier molecular flexibility index (Phi) is 7.80. The minimum Gasteiger partial charge on any atom is -0.360 e. The third-order valence-corrected chi connectivity index (χ3v) is 5.12. The van der Waals surface area contributed by atoms with E-state index in [2.05, 4.69) is 60.2 Å². The fourth-order valence-electron chi connectivity index (χ4n) is 2.92. The monoisotopic (exact) mass is 388 g/mol. The van der Waals surface area contributed by atoms with Crippen LogP contribution >= 0.6 is 12.2 Å². The van der Waals surface area contributed by atoms with E-state index in [0.29, 0.717) is 17.7 Å². The first kappa shape index (κ1) is 21.4. The Morgan fingerprint density at radius 1 is 1.26 bits per heavy atom. The van der Waals surface area contributed by atoms with Crippen LogP contribution in [0.15, 0.2) is 29.1 Å². The lowest BCUT2D eigenvalue weighted by Crippen LogP contribution is -2.44. The van der Waals surface area contributed by atoms with Crippen LogP contribution < -0.4 is 10.9 Å². The fraction of sp³-hybridized carbons (Fsp3) is 0.524. The molecule has 1 aromatic heterocycles. The third kappa shape index (κ3) is 6.33. The van der Waals surface area contributed by atoms with Crippen molar-refractivity contribution in [3.63, 3.8) is 0 Å². The van der Waals surface area contributed by atoms with Crippen molar-refractivity contribution < 1.29 is 0 Å². The van der Waals surface area contributed by atoms with E-state index in [0.717, 1.165) is 48.0 Å². The Bertz CT molecular complexity index is 831. The summed E-state index contributed by atoms with van der Waals surface area (Å²) in [7, 11) is 4.13. The molecule has 6 heteroatoms. The summed E-state index contributed by atoms with van der Waals surface area (Å²) in [6.07, 6.45) is 1.99. The molecular weight excluding hydrogens is 356 g/mol. The Morgan fingerprint density at radius 3 is 2.67 bits per heavy atom. The second kappa shape index (κ2) is 9.85. The molecular formula is C21H32N4OS. The molecule has 0 aliphatic heterocycles. The molecule has 148 valence electrons. The molecule has 1 heterocycles. The van der Waals surface area contributed by atoms with E-state index < -0.39 is 0 Å². The number of aromatic amines is 1. The van der Waals surface area contributed by atoms with Gasteiger partial charge < -0.3 is 20.1 Å². The van der Waals surface area contributed by atoms with Crippen LogP contribution in [0, 0.1) is 6.92 Å². The van der Waals surface area contributed by atoms with Gasteiger partial charge in [-0.2, -0.15) is 0 Å². The summed E-state index contributed by atoms with van der Waals surface area (Å²) in [5.41, 5.74) is 2.71. The number of nitrogens with zero attached hydrogens (tertiary/aromatic N) is 2. The zero-order valence-electron chi connectivity index (χ0n) is 17.1. The van der Waals surface area contributed by atoms with E-state index in [9.17, 15) is 4.79 Å². The quantitative estimate of drug-likeness (QED) is 0.680. The molecule has 0 radical (unpaired) electrons. The summed E-state index contributed by atoms with van der Waals surface area (Å²) in [4.78, 5) is 19.9. The molecule has 0 bridgehead atoms. The van der Waals surface area contributed by atoms with Gasteiger partial charge in [0.2, 0.25) is 0 Å². The van der Waals surface area contributed by atoms with Gasteiger partial charge in [0.25, 0.3) is 5.56 Å². The summed E-state index contributed by atoms with van der Waals surface area (Å²) in [6.45, 7) is 8.58. The molecule has 0 spiro atoms. The number of hydrogen-bond acceptors (Lipinski definition) is 3. The van der Waals surface area contributed by atoms with Gasteiger partial charge in [-0.1, -0.05) is 19.1 Å². The SMILES string of the molecule is CCC(C)NC(=S)N(CCCN(C)C)Cc1cc2ccc(C)cc2[nH]c1=O. The number of rotatable bonds is 8. The van der Waals surface area contributed by atoms with Crippen molar-refractivity contribution in [1.29, 1.82) is 0 Å². The molecule has 0 fully saturated rings. The van der Waals surface area contributed by atoms with E-state index in [4.69, 9.17) is 12.2 Å². The van der Waals surface area contributed by atoms with E-state index >= 15 is 0 Å². The van der Waals surface area contributed by atoms with Crippen molar-refractivity contribution in [2.24, 2.45) is 0 Å². The molecule has 2 rings (SSSR count). The predicted molar refractivity (Wildman–Crippen MR) is 118 cm³/mol. The zero-order chi connectivity index (χ0) is 20.0. The van der Waals surface area contributed by atoms with E-state index in [-0.39, 0.29) is 5.56 Å². The number of fused-ring (bicyclic) bond motifs is 1. The molecule has 1 aromatic carbocycles. The summed E-state index contributed by atoms with van der Waals surface area (Å²) >= 11 is 5.64. The van der Waals surface area contributed by atoms with Gasteiger partial charge in [0, 0.05) is 23.7 Å². The van der Waals surface area contributed by atoms with Crippen LogP contribution in [-0.2, 0) is 6.54 Å². The van der Waals surface area contributed by atoms with Gasteiger partial charge in [-0.25, -0.2) is 0 Å². The molecule has 0 saturated carbocycles. The topological polar surface area (TPSA) is 51.4 Å². The number of hydrogen-bond donors (Lipinski definition) is 2. The van der Waals surface area contributed by atoms with Gasteiger partial charge in [0.05, 0.1) is 6.54 Å². The lowest BCUT2D eigenvalue weighted by Gasteiger charge is -2.28. The molecule has 1 atom stereocenters. The standard InChI is InChI=1S/C21H32N4OS/c1-6-16(3)22-21(27)25(11-7-10-24(4)5)14-18-13-17-9-8-15(2)12-19(17)23-20(18)26/h8-9,12-13,16H,6-7,10-11,14H2,1-5H3,(H,22,27)(H,23,26). The summed E-state index contributed by atoms with van der Waals surface area (Å²) < 4.78 is 0. The zero-order valence-corrected chi connectivity index (χ0v) is 17.9. The molecule has 2 N–H and O–H groups in total. The maximum atomic E-state index is 12.6. The van der Waals surface area contributed by atoms with Gasteiger partial charge in [-0.15, -0.1) is 0 Å². The average molecular weight is 389 g/mol. The smallest absolute Gasteiger partial charge is 0.253 e.